The van der Waals surface area contributed by atoms with Crippen molar-refractivity contribution in [1.29, 1.82) is 0 Å². The summed E-state index contributed by atoms with van der Waals surface area (Å²) in [4.78, 5) is 6.99. The molecule has 0 saturated heterocycles. The van der Waals surface area contributed by atoms with E-state index in [-0.39, 0.29) is 0 Å². The topological polar surface area (TPSA) is 47.1 Å². The van der Waals surface area contributed by atoms with Crippen LogP contribution in [0.25, 0.3) is 11.3 Å². The number of methoxy groups -OCH3 is 2. The lowest BCUT2D eigenvalue weighted by Gasteiger charge is -2.12. The summed E-state index contributed by atoms with van der Waals surface area (Å²) in [5.41, 5.74) is 1.66. The molecule has 1 aromatic carbocycles. The third kappa shape index (κ3) is 2.29. The quantitative estimate of drug-likeness (QED) is 0.848. The molecule has 0 aliphatic rings. The van der Waals surface area contributed by atoms with Crippen molar-refractivity contribution in [2.24, 2.45) is 0 Å². The molecule has 17 heavy (non-hydrogen) atoms. The van der Waals surface area contributed by atoms with E-state index >= 15 is 0 Å². The molecule has 0 radical (unpaired) electrons. The van der Waals surface area contributed by atoms with Crippen LogP contribution in [0, 0.1) is 4.64 Å². The lowest BCUT2D eigenvalue weighted by atomic mass is 10.1. The second-order valence-electron chi connectivity index (χ2n) is 3.34. The number of hydrogen-bond acceptors (Lipinski definition) is 4. The molecule has 5 heteroatoms. The first kappa shape index (κ1) is 11.6. The van der Waals surface area contributed by atoms with Crippen LogP contribution in [0.15, 0.2) is 30.6 Å². The van der Waals surface area contributed by atoms with Gasteiger partial charge in [0, 0.05) is 0 Å². The van der Waals surface area contributed by atoms with Gasteiger partial charge in [0.05, 0.1) is 31.8 Å². The Balaban J connectivity index is 2.68. The summed E-state index contributed by atoms with van der Waals surface area (Å²) in [5.74, 6) is 1.45. The summed E-state index contributed by atoms with van der Waals surface area (Å²) in [7, 11) is 3.24. The Hall–Kier alpha value is -1.88. The van der Waals surface area contributed by atoms with Crippen molar-refractivity contribution < 1.29 is 9.47 Å². The standard InChI is InChI=1S/C12H12N2O2S/c1-15-9-4-3-5-10(16-2)12(9)8-6-11(17)14-7-13-8/h3-7H,1-2H3,(H,13,14,17). The minimum Gasteiger partial charge on any atom is -0.496 e. The van der Waals surface area contributed by atoms with Crippen molar-refractivity contribution in [3.63, 3.8) is 0 Å². The molecule has 4 nitrogen and oxygen atoms in total. The number of aromatic nitrogens is 2. The highest BCUT2D eigenvalue weighted by atomic mass is 32.1. The Kier molecular flexibility index (Phi) is 3.39. The number of hydrogen-bond donors (Lipinski definition) is 1. The average molecular weight is 248 g/mol. The van der Waals surface area contributed by atoms with Crippen molar-refractivity contribution in [3.05, 3.63) is 35.2 Å². The third-order valence-corrected chi connectivity index (χ3v) is 2.60. The molecule has 2 rings (SSSR count). The fourth-order valence-corrected chi connectivity index (χ4v) is 1.80. The van der Waals surface area contributed by atoms with E-state index in [9.17, 15) is 0 Å². The smallest absolute Gasteiger partial charge is 0.131 e. The van der Waals surface area contributed by atoms with Gasteiger partial charge in [-0.1, -0.05) is 18.3 Å². The SMILES string of the molecule is COc1cccc(OC)c1-c1cc(=S)nc[nH]1. The van der Waals surface area contributed by atoms with E-state index in [2.05, 4.69) is 9.97 Å². The summed E-state index contributed by atoms with van der Waals surface area (Å²) in [6.07, 6.45) is 1.56. The molecule has 0 unspecified atom stereocenters. The van der Waals surface area contributed by atoms with Gasteiger partial charge in [-0.05, 0) is 18.2 Å². The number of benzene rings is 1. The van der Waals surface area contributed by atoms with E-state index in [0.717, 1.165) is 22.8 Å². The van der Waals surface area contributed by atoms with Gasteiger partial charge in [0.25, 0.3) is 0 Å². The molecule has 0 atom stereocenters. The van der Waals surface area contributed by atoms with Gasteiger partial charge in [0.1, 0.15) is 16.1 Å². The summed E-state index contributed by atoms with van der Waals surface area (Å²) in [5, 5.41) is 0. The Morgan fingerprint density at radius 1 is 1.18 bits per heavy atom. The summed E-state index contributed by atoms with van der Waals surface area (Å²) in [6.45, 7) is 0. The van der Waals surface area contributed by atoms with Crippen LogP contribution in [0.4, 0.5) is 0 Å². The molecule has 0 spiro atoms. The van der Waals surface area contributed by atoms with Crippen molar-refractivity contribution in [2.45, 2.75) is 0 Å². The van der Waals surface area contributed by atoms with Crippen LogP contribution in [-0.2, 0) is 0 Å². The van der Waals surface area contributed by atoms with E-state index in [1.165, 1.54) is 0 Å². The minimum atomic E-state index is 0.520. The van der Waals surface area contributed by atoms with Crippen LogP contribution >= 0.6 is 12.2 Å². The summed E-state index contributed by atoms with van der Waals surface area (Å²) >= 11 is 5.05. The molecule has 0 amide bonds. The maximum Gasteiger partial charge on any atom is 0.131 e. The second kappa shape index (κ2) is 4.97. The molecule has 1 aromatic heterocycles. The predicted octanol–water partition coefficient (Wildman–Crippen LogP) is 2.82. The second-order valence-corrected chi connectivity index (χ2v) is 3.75. The van der Waals surface area contributed by atoms with Gasteiger partial charge < -0.3 is 14.5 Å². The summed E-state index contributed by atoms with van der Waals surface area (Å²) < 4.78 is 11.2. The molecular weight excluding hydrogens is 236 g/mol. The monoisotopic (exact) mass is 248 g/mol. The normalized spacial score (nSPS) is 10.0. The van der Waals surface area contributed by atoms with Gasteiger partial charge in [-0.25, -0.2) is 4.98 Å². The number of nitrogens with one attached hydrogen (secondary N) is 1. The van der Waals surface area contributed by atoms with Crippen LogP contribution in [0.1, 0.15) is 0 Å². The van der Waals surface area contributed by atoms with Crippen LogP contribution in [0.2, 0.25) is 0 Å². The number of aromatic amines is 1. The number of ether oxygens (including phenoxy) is 2. The Labute approximate surface area is 104 Å². The van der Waals surface area contributed by atoms with E-state index in [1.807, 2.05) is 18.2 Å². The largest absolute Gasteiger partial charge is 0.496 e. The number of rotatable bonds is 3. The first-order valence-corrected chi connectivity index (χ1v) is 5.43. The number of H-pyrrole nitrogens is 1. The molecule has 0 aliphatic carbocycles. The summed E-state index contributed by atoms with van der Waals surface area (Å²) in [6, 6.07) is 7.39. The lowest BCUT2D eigenvalue weighted by Crippen LogP contribution is -1.95. The molecule has 1 heterocycles. The Morgan fingerprint density at radius 3 is 2.35 bits per heavy atom. The zero-order valence-electron chi connectivity index (χ0n) is 9.56. The fourth-order valence-electron chi connectivity index (χ4n) is 1.63. The van der Waals surface area contributed by atoms with Crippen LogP contribution < -0.4 is 9.47 Å². The van der Waals surface area contributed by atoms with E-state index < -0.39 is 0 Å². The zero-order valence-corrected chi connectivity index (χ0v) is 10.4. The van der Waals surface area contributed by atoms with E-state index in [4.69, 9.17) is 21.7 Å². The van der Waals surface area contributed by atoms with Crippen molar-refractivity contribution >= 4 is 12.2 Å². The van der Waals surface area contributed by atoms with Gasteiger partial charge in [0.2, 0.25) is 0 Å². The van der Waals surface area contributed by atoms with Gasteiger partial charge in [-0.3, -0.25) is 0 Å². The molecule has 2 aromatic rings. The number of nitrogens with zero attached hydrogens (tertiary/aromatic N) is 1. The van der Waals surface area contributed by atoms with Gasteiger partial charge in [-0.2, -0.15) is 0 Å². The van der Waals surface area contributed by atoms with E-state index in [0.29, 0.717) is 4.64 Å². The third-order valence-electron chi connectivity index (χ3n) is 2.38. The minimum absolute atomic E-state index is 0.520. The van der Waals surface area contributed by atoms with Gasteiger partial charge in [-0.15, -0.1) is 0 Å². The van der Waals surface area contributed by atoms with Gasteiger partial charge >= 0.3 is 0 Å². The maximum atomic E-state index is 5.33. The van der Waals surface area contributed by atoms with Crippen LogP contribution in [0.5, 0.6) is 11.5 Å². The van der Waals surface area contributed by atoms with Crippen LogP contribution in [0.3, 0.4) is 0 Å². The Bertz CT molecular complexity index is 558. The Morgan fingerprint density at radius 2 is 1.82 bits per heavy atom. The average Bonchev–Trinajstić information content (AvgIpc) is 2.37. The van der Waals surface area contributed by atoms with Crippen molar-refractivity contribution in [2.75, 3.05) is 14.2 Å². The lowest BCUT2D eigenvalue weighted by molar-refractivity contribution is 0.397. The van der Waals surface area contributed by atoms with E-state index in [1.54, 1.807) is 26.6 Å². The zero-order chi connectivity index (χ0) is 12.3. The molecule has 0 saturated carbocycles. The van der Waals surface area contributed by atoms with Crippen LogP contribution in [-0.4, -0.2) is 24.2 Å². The molecule has 0 aliphatic heterocycles. The van der Waals surface area contributed by atoms with Gasteiger partial charge in [0.15, 0.2) is 0 Å². The molecule has 0 fully saturated rings. The molecular formula is C12H12N2O2S. The van der Waals surface area contributed by atoms with Crippen molar-refractivity contribution in [1.82, 2.24) is 9.97 Å². The maximum absolute atomic E-state index is 5.33. The first-order chi connectivity index (χ1) is 8.26. The molecule has 0 bridgehead atoms. The van der Waals surface area contributed by atoms with Crippen molar-refractivity contribution in [3.8, 4) is 22.8 Å². The molecule has 1 N–H and O–H groups in total. The highest BCUT2D eigenvalue weighted by Crippen LogP contribution is 2.36. The highest BCUT2D eigenvalue weighted by Gasteiger charge is 2.12. The first-order valence-electron chi connectivity index (χ1n) is 5.02. The highest BCUT2D eigenvalue weighted by molar-refractivity contribution is 7.71. The molecule has 88 valence electrons. The fraction of sp³-hybridized carbons (Fsp3) is 0.167. The predicted molar refractivity (Wildman–Crippen MR) is 68.0 cm³/mol.